The first-order valence-corrected chi connectivity index (χ1v) is 9.27. The van der Waals surface area contributed by atoms with Crippen LogP contribution in [0.4, 0.5) is 5.69 Å². The first-order valence-electron chi connectivity index (χ1n) is 9.27. The molecule has 1 amide bonds. The second-order valence-electron chi connectivity index (χ2n) is 6.97. The number of hydrogen-bond donors (Lipinski definition) is 2. The Balaban J connectivity index is 1.36. The molecule has 0 aromatic heterocycles. The van der Waals surface area contributed by atoms with Gasteiger partial charge in [-0.3, -0.25) is 9.69 Å². The summed E-state index contributed by atoms with van der Waals surface area (Å²) >= 11 is 0. The molecule has 0 spiro atoms. The number of hydrogen-bond acceptors (Lipinski definition) is 4. The predicted molar refractivity (Wildman–Crippen MR) is 98.3 cm³/mol. The van der Waals surface area contributed by atoms with E-state index in [-0.39, 0.29) is 5.91 Å². The monoisotopic (exact) mass is 330 g/mol. The largest absolute Gasteiger partial charge is 0.369 e. The summed E-state index contributed by atoms with van der Waals surface area (Å²) in [4.78, 5) is 17.0. The number of carbonyl (C=O) groups is 1. The first kappa shape index (κ1) is 17.2. The van der Waals surface area contributed by atoms with E-state index in [1.54, 1.807) is 0 Å². The normalized spacial score (nSPS) is 25.5. The minimum atomic E-state index is 0.195. The second-order valence-corrected chi connectivity index (χ2v) is 6.97. The molecule has 132 valence electrons. The summed E-state index contributed by atoms with van der Waals surface area (Å²) in [7, 11) is 0. The molecule has 1 aromatic rings. The first-order chi connectivity index (χ1) is 11.7. The molecule has 2 heterocycles. The van der Waals surface area contributed by atoms with Gasteiger partial charge in [0.25, 0.3) is 0 Å². The quantitative estimate of drug-likeness (QED) is 0.858. The zero-order chi connectivity index (χ0) is 16.8. The maximum atomic E-state index is 12.2. The highest BCUT2D eigenvalue weighted by molar-refractivity contribution is 5.76. The van der Waals surface area contributed by atoms with E-state index in [9.17, 15) is 4.79 Å². The molecule has 3 rings (SSSR count). The third kappa shape index (κ3) is 4.71. The van der Waals surface area contributed by atoms with Gasteiger partial charge in [0.05, 0.1) is 0 Å². The molecule has 0 bridgehead atoms. The number of piperidine rings is 1. The SMILES string of the molecule is CC1NCCCC1NC(=O)CCN1CCN(c2ccccc2)CC1. The summed E-state index contributed by atoms with van der Waals surface area (Å²) in [5.74, 6) is 0.195. The number of nitrogens with one attached hydrogen (secondary N) is 2. The van der Waals surface area contributed by atoms with Gasteiger partial charge in [-0.15, -0.1) is 0 Å². The highest BCUT2D eigenvalue weighted by Crippen LogP contribution is 2.15. The summed E-state index contributed by atoms with van der Waals surface area (Å²) in [6, 6.07) is 11.3. The molecule has 2 saturated heterocycles. The summed E-state index contributed by atoms with van der Waals surface area (Å²) in [5, 5.41) is 6.64. The molecular formula is C19H30N4O. The highest BCUT2D eigenvalue weighted by Gasteiger charge is 2.23. The molecule has 1 aromatic carbocycles. The molecule has 5 nitrogen and oxygen atoms in total. The molecule has 0 radical (unpaired) electrons. The molecule has 2 aliphatic rings. The standard InChI is InChI=1S/C19H30N4O/c1-16-18(8-5-10-20-16)21-19(24)9-11-22-12-14-23(15-13-22)17-6-3-2-4-7-17/h2-4,6-7,16,18,20H,5,8-15H2,1H3,(H,21,24). The van der Waals surface area contributed by atoms with E-state index in [2.05, 4.69) is 57.7 Å². The number of amides is 1. The molecule has 2 unspecified atom stereocenters. The van der Waals surface area contributed by atoms with E-state index in [0.29, 0.717) is 18.5 Å². The number of rotatable bonds is 5. The van der Waals surface area contributed by atoms with Crippen molar-refractivity contribution in [3.05, 3.63) is 30.3 Å². The van der Waals surface area contributed by atoms with Crippen LogP contribution in [-0.4, -0.2) is 62.2 Å². The molecule has 0 saturated carbocycles. The van der Waals surface area contributed by atoms with Crippen molar-refractivity contribution in [1.82, 2.24) is 15.5 Å². The Hall–Kier alpha value is -1.59. The molecule has 24 heavy (non-hydrogen) atoms. The summed E-state index contributed by atoms with van der Waals surface area (Å²) in [6.45, 7) is 8.23. The van der Waals surface area contributed by atoms with Gasteiger partial charge in [-0.2, -0.15) is 0 Å². The molecule has 2 atom stereocenters. The van der Waals surface area contributed by atoms with Gasteiger partial charge < -0.3 is 15.5 Å². The van der Waals surface area contributed by atoms with Crippen LogP contribution in [0, 0.1) is 0 Å². The van der Waals surface area contributed by atoms with Gasteiger partial charge in [0.2, 0.25) is 5.91 Å². The van der Waals surface area contributed by atoms with Crippen molar-refractivity contribution in [2.24, 2.45) is 0 Å². The van der Waals surface area contributed by atoms with Crippen LogP contribution >= 0.6 is 0 Å². The van der Waals surface area contributed by atoms with Crippen LogP contribution in [0.25, 0.3) is 0 Å². The van der Waals surface area contributed by atoms with Crippen molar-refractivity contribution in [2.75, 3.05) is 44.2 Å². The number of carbonyl (C=O) groups excluding carboxylic acids is 1. The van der Waals surface area contributed by atoms with E-state index >= 15 is 0 Å². The Morgan fingerprint density at radius 2 is 1.96 bits per heavy atom. The lowest BCUT2D eigenvalue weighted by Crippen LogP contribution is -2.52. The summed E-state index contributed by atoms with van der Waals surface area (Å²) < 4.78 is 0. The van der Waals surface area contributed by atoms with Crippen molar-refractivity contribution in [3.8, 4) is 0 Å². The van der Waals surface area contributed by atoms with Gasteiger partial charge in [0, 0.05) is 56.9 Å². The number of benzene rings is 1. The summed E-state index contributed by atoms with van der Waals surface area (Å²) in [6.07, 6.45) is 2.85. The molecule has 0 aliphatic carbocycles. The Bertz CT molecular complexity index is 513. The van der Waals surface area contributed by atoms with E-state index in [1.807, 2.05) is 0 Å². The molecular weight excluding hydrogens is 300 g/mol. The van der Waals surface area contributed by atoms with Crippen LogP contribution in [0.1, 0.15) is 26.2 Å². The second kappa shape index (κ2) is 8.49. The van der Waals surface area contributed by atoms with Crippen LogP contribution in [0.15, 0.2) is 30.3 Å². The Kier molecular flexibility index (Phi) is 6.10. The molecule has 5 heteroatoms. The number of anilines is 1. The lowest BCUT2D eigenvalue weighted by Gasteiger charge is -2.36. The van der Waals surface area contributed by atoms with Crippen LogP contribution in [0.2, 0.25) is 0 Å². The van der Waals surface area contributed by atoms with Crippen LogP contribution in [0.5, 0.6) is 0 Å². The average Bonchev–Trinajstić information content (AvgIpc) is 2.63. The predicted octanol–water partition coefficient (Wildman–Crippen LogP) is 1.46. The number of piperazine rings is 1. The van der Waals surface area contributed by atoms with Crippen molar-refractivity contribution in [1.29, 1.82) is 0 Å². The zero-order valence-corrected chi connectivity index (χ0v) is 14.7. The van der Waals surface area contributed by atoms with E-state index in [4.69, 9.17) is 0 Å². The number of para-hydroxylation sites is 1. The maximum Gasteiger partial charge on any atom is 0.221 e. The van der Waals surface area contributed by atoms with E-state index < -0.39 is 0 Å². The third-order valence-corrected chi connectivity index (χ3v) is 5.26. The third-order valence-electron chi connectivity index (χ3n) is 5.26. The average molecular weight is 330 g/mol. The van der Waals surface area contributed by atoms with Crippen LogP contribution in [0.3, 0.4) is 0 Å². The van der Waals surface area contributed by atoms with Crippen molar-refractivity contribution in [3.63, 3.8) is 0 Å². The van der Waals surface area contributed by atoms with Crippen LogP contribution < -0.4 is 15.5 Å². The van der Waals surface area contributed by atoms with Crippen molar-refractivity contribution >= 4 is 11.6 Å². The Morgan fingerprint density at radius 1 is 1.21 bits per heavy atom. The van der Waals surface area contributed by atoms with Gasteiger partial charge in [-0.25, -0.2) is 0 Å². The van der Waals surface area contributed by atoms with Gasteiger partial charge in [0.1, 0.15) is 0 Å². The smallest absolute Gasteiger partial charge is 0.221 e. The minimum absolute atomic E-state index is 0.195. The molecule has 2 aliphatic heterocycles. The molecule has 2 fully saturated rings. The number of nitrogens with zero attached hydrogens (tertiary/aromatic N) is 2. The lowest BCUT2D eigenvalue weighted by atomic mass is 10.00. The van der Waals surface area contributed by atoms with Crippen LogP contribution in [-0.2, 0) is 4.79 Å². The highest BCUT2D eigenvalue weighted by atomic mass is 16.1. The van der Waals surface area contributed by atoms with E-state index in [0.717, 1.165) is 52.1 Å². The zero-order valence-electron chi connectivity index (χ0n) is 14.7. The summed E-state index contributed by atoms with van der Waals surface area (Å²) in [5.41, 5.74) is 1.30. The fourth-order valence-corrected chi connectivity index (χ4v) is 3.65. The van der Waals surface area contributed by atoms with Gasteiger partial charge in [-0.05, 0) is 38.4 Å². The lowest BCUT2D eigenvalue weighted by molar-refractivity contribution is -0.122. The fourth-order valence-electron chi connectivity index (χ4n) is 3.65. The fraction of sp³-hybridized carbons (Fsp3) is 0.632. The topological polar surface area (TPSA) is 47.6 Å². The van der Waals surface area contributed by atoms with Crippen molar-refractivity contribution in [2.45, 2.75) is 38.3 Å². The van der Waals surface area contributed by atoms with Crippen molar-refractivity contribution < 1.29 is 4.79 Å². The van der Waals surface area contributed by atoms with Gasteiger partial charge in [-0.1, -0.05) is 18.2 Å². The maximum absolute atomic E-state index is 12.2. The molecule has 2 N–H and O–H groups in total. The Labute approximate surface area is 145 Å². The van der Waals surface area contributed by atoms with Gasteiger partial charge >= 0.3 is 0 Å². The van der Waals surface area contributed by atoms with Gasteiger partial charge in [0.15, 0.2) is 0 Å². The van der Waals surface area contributed by atoms with E-state index in [1.165, 1.54) is 5.69 Å². The minimum Gasteiger partial charge on any atom is -0.369 e. The Morgan fingerprint density at radius 3 is 2.67 bits per heavy atom.